The van der Waals surface area contributed by atoms with Gasteiger partial charge in [0.25, 0.3) is 6.43 Å². The number of nitrogens with one attached hydrogen (secondary N) is 1. The summed E-state index contributed by atoms with van der Waals surface area (Å²) in [5, 5.41) is 19.6. The fourth-order valence-electron chi connectivity index (χ4n) is 1.25. The molecule has 0 aliphatic carbocycles. The fraction of sp³-hybridized carbons (Fsp3) is 0.333. The van der Waals surface area contributed by atoms with Crippen LogP contribution < -0.4 is 5.32 Å². The van der Waals surface area contributed by atoms with Crippen molar-refractivity contribution < 1.29 is 18.7 Å². The third-order valence-electron chi connectivity index (χ3n) is 2.25. The first-order valence-electron chi connectivity index (χ1n) is 5.25. The third-order valence-corrected chi connectivity index (χ3v) is 2.25. The number of nitrogens with zero attached hydrogens (tertiary/aromatic N) is 1. The van der Waals surface area contributed by atoms with Gasteiger partial charge in [0.2, 0.25) is 5.91 Å². The van der Waals surface area contributed by atoms with Crippen LogP contribution in [0.4, 0.5) is 8.78 Å². The van der Waals surface area contributed by atoms with Crippen molar-refractivity contribution in [1.82, 2.24) is 5.32 Å². The smallest absolute Gasteiger partial charge is 0.265 e. The van der Waals surface area contributed by atoms with Gasteiger partial charge in [0, 0.05) is 6.54 Å². The molecule has 1 atom stereocenters. The number of carbonyl (C=O) groups is 1. The molecule has 1 aromatic rings. The lowest BCUT2D eigenvalue weighted by molar-refractivity contribution is -0.121. The summed E-state index contributed by atoms with van der Waals surface area (Å²) < 4.78 is 23.9. The molecule has 4 nitrogen and oxygen atoms in total. The number of halogens is 2. The summed E-state index contributed by atoms with van der Waals surface area (Å²) in [6, 6.07) is 8.30. The molecule has 0 radical (unpaired) electrons. The molecule has 96 valence electrons. The van der Waals surface area contributed by atoms with Crippen molar-refractivity contribution in [3.05, 3.63) is 35.4 Å². The normalized spacial score (nSPS) is 11.9. The van der Waals surface area contributed by atoms with Gasteiger partial charge >= 0.3 is 0 Å². The Kier molecular flexibility index (Phi) is 5.21. The summed E-state index contributed by atoms with van der Waals surface area (Å²) >= 11 is 0. The van der Waals surface area contributed by atoms with Crippen molar-refractivity contribution in [2.24, 2.45) is 0 Å². The molecular formula is C12H12F2N2O2. The molecule has 18 heavy (non-hydrogen) atoms. The highest BCUT2D eigenvalue weighted by atomic mass is 19.3. The van der Waals surface area contributed by atoms with Gasteiger partial charge in [-0.2, -0.15) is 5.26 Å². The van der Waals surface area contributed by atoms with Gasteiger partial charge in [-0.1, -0.05) is 12.1 Å². The Bertz CT molecular complexity index is 440. The summed E-state index contributed by atoms with van der Waals surface area (Å²) in [7, 11) is 0. The number of benzene rings is 1. The number of aliphatic hydroxyl groups is 1. The van der Waals surface area contributed by atoms with Crippen LogP contribution in [0, 0.1) is 11.3 Å². The number of rotatable bonds is 5. The average Bonchev–Trinajstić information content (AvgIpc) is 2.36. The zero-order valence-electron chi connectivity index (χ0n) is 9.44. The zero-order valence-corrected chi connectivity index (χ0v) is 9.44. The van der Waals surface area contributed by atoms with Gasteiger partial charge in [-0.05, 0) is 17.7 Å². The van der Waals surface area contributed by atoms with Crippen LogP contribution in [0.15, 0.2) is 24.3 Å². The molecule has 6 heteroatoms. The number of hydrogen-bond donors (Lipinski definition) is 2. The minimum atomic E-state index is -2.87. The summed E-state index contributed by atoms with van der Waals surface area (Å²) in [6.45, 7) is -0.479. The molecule has 2 N–H and O–H groups in total. The number of amides is 1. The number of hydrogen-bond acceptors (Lipinski definition) is 3. The summed E-state index contributed by atoms with van der Waals surface area (Å²) in [5.74, 6) is -0.459. The number of alkyl halides is 2. The molecular weight excluding hydrogens is 242 g/mol. The van der Waals surface area contributed by atoms with Crippen LogP contribution in [0.3, 0.4) is 0 Å². The SMILES string of the molecule is N#Cc1ccc(CC(=O)NCC(O)C(F)F)cc1. The van der Waals surface area contributed by atoms with E-state index >= 15 is 0 Å². The molecule has 1 aromatic carbocycles. The highest BCUT2D eigenvalue weighted by molar-refractivity contribution is 5.78. The second-order valence-corrected chi connectivity index (χ2v) is 3.69. The van der Waals surface area contributed by atoms with Crippen molar-refractivity contribution in [3.63, 3.8) is 0 Å². The number of nitriles is 1. The van der Waals surface area contributed by atoms with E-state index in [2.05, 4.69) is 5.32 Å². The van der Waals surface area contributed by atoms with E-state index < -0.39 is 25.0 Å². The first kappa shape index (κ1) is 14.1. The molecule has 0 saturated heterocycles. The summed E-state index contributed by atoms with van der Waals surface area (Å²) in [4.78, 5) is 11.4. The van der Waals surface area contributed by atoms with E-state index in [0.29, 0.717) is 11.1 Å². The van der Waals surface area contributed by atoms with Gasteiger partial charge in [-0.3, -0.25) is 4.79 Å². The molecule has 0 aliphatic heterocycles. The molecule has 1 unspecified atom stereocenters. The van der Waals surface area contributed by atoms with Crippen LogP contribution in [0.1, 0.15) is 11.1 Å². The van der Waals surface area contributed by atoms with Crippen LogP contribution in [-0.2, 0) is 11.2 Å². The molecule has 1 rings (SSSR count). The highest BCUT2D eigenvalue weighted by Crippen LogP contribution is 2.04. The number of aliphatic hydroxyl groups excluding tert-OH is 1. The summed E-state index contributed by atoms with van der Waals surface area (Å²) in [5.41, 5.74) is 1.14. The van der Waals surface area contributed by atoms with Crippen LogP contribution >= 0.6 is 0 Å². The third kappa shape index (κ3) is 4.47. The largest absolute Gasteiger partial charge is 0.385 e. The maximum atomic E-state index is 12.0. The molecule has 1 amide bonds. The monoisotopic (exact) mass is 254 g/mol. The Hall–Kier alpha value is -2.00. The first-order chi connectivity index (χ1) is 8.52. The quantitative estimate of drug-likeness (QED) is 0.817. The van der Waals surface area contributed by atoms with E-state index in [1.807, 2.05) is 6.07 Å². The fourth-order valence-corrected chi connectivity index (χ4v) is 1.25. The van der Waals surface area contributed by atoms with E-state index in [9.17, 15) is 13.6 Å². The summed E-state index contributed by atoms with van der Waals surface area (Å²) in [6.07, 6.45) is -4.71. The lowest BCUT2D eigenvalue weighted by Crippen LogP contribution is -2.36. The Morgan fingerprint density at radius 3 is 2.50 bits per heavy atom. The second-order valence-electron chi connectivity index (χ2n) is 3.69. The van der Waals surface area contributed by atoms with Gasteiger partial charge in [-0.25, -0.2) is 8.78 Å². The van der Waals surface area contributed by atoms with E-state index in [1.165, 1.54) is 0 Å². The molecule has 0 spiro atoms. The van der Waals surface area contributed by atoms with Crippen molar-refractivity contribution in [3.8, 4) is 6.07 Å². The maximum absolute atomic E-state index is 12.0. The Morgan fingerprint density at radius 2 is 2.00 bits per heavy atom. The van der Waals surface area contributed by atoms with E-state index in [1.54, 1.807) is 24.3 Å². The van der Waals surface area contributed by atoms with Gasteiger partial charge in [-0.15, -0.1) is 0 Å². The van der Waals surface area contributed by atoms with Gasteiger partial charge in [0.05, 0.1) is 18.1 Å². The van der Waals surface area contributed by atoms with Crippen molar-refractivity contribution in [2.75, 3.05) is 6.54 Å². The second kappa shape index (κ2) is 6.67. The lowest BCUT2D eigenvalue weighted by atomic mass is 10.1. The number of carbonyl (C=O) groups excluding carboxylic acids is 1. The Balaban J connectivity index is 2.42. The van der Waals surface area contributed by atoms with Crippen LogP contribution in [0.5, 0.6) is 0 Å². The van der Waals surface area contributed by atoms with Crippen LogP contribution in [-0.4, -0.2) is 30.1 Å². The molecule has 0 aliphatic rings. The highest BCUT2D eigenvalue weighted by Gasteiger charge is 2.17. The molecule has 0 fully saturated rings. The molecule has 0 bridgehead atoms. The van der Waals surface area contributed by atoms with Crippen LogP contribution in [0.2, 0.25) is 0 Å². The molecule has 0 heterocycles. The minimum Gasteiger partial charge on any atom is -0.385 e. The van der Waals surface area contributed by atoms with E-state index in [0.717, 1.165) is 0 Å². The minimum absolute atomic E-state index is 0.0155. The zero-order chi connectivity index (χ0) is 13.5. The first-order valence-corrected chi connectivity index (χ1v) is 5.25. The van der Waals surface area contributed by atoms with Gasteiger partial charge < -0.3 is 10.4 Å². The predicted molar refractivity (Wildman–Crippen MR) is 59.9 cm³/mol. The topological polar surface area (TPSA) is 73.1 Å². The van der Waals surface area contributed by atoms with Crippen molar-refractivity contribution >= 4 is 5.91 Å². The van der Waals surface area contributed by atoms with Crippen LogP contribution in [0.25, 0.3) is 0 Å². The van der Waals surface area contributed by atoms with E-state index in [-0.39, 0.29) is 6.42 Å². The van der Waals surface area contributed by atoms with Gasteiger partial charge in [0.1, 0.15) is 6.10 Å². The lowest BCUT2D eigenvalue weighted by Gasteiger charge is -2.10. The van der Waals surface area contributed by atoms with Gasteiger partial charge in [0.15, 0.2) is 0 Å². The standard InChI is InChI=1S/C12H12F2N2O2/c13-12(14)10(17)7-16-11(18)5-8-1-3-9(6-15)4-2-8/h1-4,10,12,17H,5,7H2,(H,16,18). The average molecular weight is 254 g/mol. The molecule has 0 aromatic heterocycles. The predicted octanol–water partition coefficient (Wildman–Crippen LogP) is 0.843. The van der Waals surface area contributed by atoms with E-state index in [4.69, 9.17) is 10.4 Å². The van der Waals surface area contributed by atoms with Crippen molar-refractivity contribution in [2.45, 2.75) is 19.0 Å². The maximum Gasteiger partial charge on any atom is 0.265 e. The molecule has 0 saturated carbocycles. The Labute approximate surface area is 103 Å². The Morgan fingerprint density at radius 1 is 1.39 bits per heavy atom. The van der Waals surface area contributed by atoms with Crippen molar-refractivity contribution in [1.29, 1.82) is 5.26 Å².